The van der Waals surface area contributed by atoms with Crippen LogP contribution in [0, 0.1) is 11.3 Å². The predicted molar refractivity (Wildman–Crippen MR) is 121 cm³/mol. The van der Waals surface area contributed by atoms with Gasteiger partial charge in [-0.05, 0) is 28.8 Å². The molecular formula is C27H22N4O. The van der Waals surface area contributed by atoms with Gasteiger partial charge in [-0.25, -0.2) is 4.98 Å². The molecule has 0 N–H and O–H groups in total. The van der Waals surface area contributed by atoms with E-state index in [2.05, 4.69) is 11.1 Å². The minimum atomic E-state index is -0.978. The van der Waals surface area contributed by atoms with Crippen molar-refractivity contribution in [2.24, 2.45) is 0 Å². The van der Waals surface area contributed by atoms with Crippen LogP contribution >= 0.6 is 0 Å². The SMILES string of the molecule is N#Cc1ccc(C2(Cc3ccccc3)C(=O)N(Cc3ccccc3)Cc3cncn32)cc1. The summed E-state index contributed by atoms with van der Waals surface area (Å²) in [5.41, 5.74) is 3.57. The van der Waals surface area contributed by atoms with E-state index in [9.17, 15) is 10.1 Å². The number of nitrogens with zero attached hydrogens (tertiary/aromatic N) is 4. The van der Waals surface area contributed by atoms with Gasteiger partial charge in [-0.1, -0.05) is 72.8 Å². The maximum absolute atomic E-state index is 14.3. The molecule has 0 saturated carbocycles. The normalized spacial score (nSPS) is 17.6. The minimum Gasteiger partial charge on any atom is -0.330 e. The van der Waals surface area contributed by atoms with Crippen molar-refractivity contribution in [3.8, 4) is 6.07 Å². The number of imidazole rings is 1. The summed E-state index contributed by atoms with van der Waals surface area (Å²) >= 11 is 0. The Morgan fingerprint density at radius 1 is 0.906 bits per heavy atom. The maximum atomic E-state index is 14.3. The van der Waals surface area contributed by atoms with Gasteiger partial charge < -0.3 is 9.47 Å². The molecule has 5 rings (SSSR count). The fourth-order valence-electron chi connectivity index (χ4n) is 4.58. The van der Waals surface area contributed by atoms with Crippen molar-refractivity contribution >= 4 is 5.91 Å². The summed E-state index contributed by atoms with van der Waals surface area (Å²) in [6.45, 7) is 1.03. The first kappa shape index (κ1) is 19.8. The first-order valence-electron chi connectivity index (χ1n) is 10.6. The second-order valence-electron chi connectivity index (χ2n) is 8.11. The third kappa shape index (κ3) is 3.36. The van der Waals surface area contributed by atoms with E-state index >= 15 is 0 Å². The monoisotopic (exact) mass is 418 g/mol. The zero-order valence-corrected chi connectivity index (χ0v) is 17.6. The Morgan fingerprint density at radius 2 is 1.56 bits per heavy atom. The number of nitriles is 1. The second kappa shape index (κ2) is 8.16. The zero-order chi connectivity index (χ0) is 22.0. The molecule has 2 heterocycles. The minimum absolute atomic E-state index is 0.0282. The highest BCUT2D eigenvalue weighted by atomic mass is 16.2. The summed E-state index contributed by atoms with van der Waals surface area (Å²) in [6, 6.07) is 29.6. The van der Waals surface area contributed by atoms with Crippen LogP contribution in [0.1, 0.15) is 27.9 Å². The molecule has 32 heavy (non-hydrogen) atoms. The van der Waals surface area contributed by atoms with Gasteiger partial charge in [-0.15, -0.1) is 0 Å². The Morgan fingerprint density at radius 3 is 2.22 bits per heavy atom. The first-order valence-corrected chi connectivity index (χ1v) is 10.6. The van der Waals surface area contributed by atoms with E-state index in [4.69, 9.17) is 0 Å². The molecule has 1 atom stereocenters. The number of amides is 1. The predicted octanol–water partition coefficient (Wildman–Crippen LogP) is 4.28. The number of benzene rings is 3. The zero-order valence-electron chi connectivity index (χ0n) is 17.6. The van der Waals surface area contributed by atoms with Crippen LogP contribution in [0.15, 0.2) is 97.5 Å². The summed E-state index contributed by atoms with van der Waals surface area (Å²) in [5, 5.41) is 9.28. The molecule has 5 nitrogen and oxygen atoms in total. The van der Waals surface area contributed by atoms with Crippen LogP contribution < -0.4 is 0 Å². The van der Waals surface area contributed by atoms with Gasteiger partial charge in [0.05, 0.1) is 30.2 Å². The Labute approximate surface area is 187 Å². The van der Waals surface area contributed by atoms with Gasteiger partial charge in [0.2, 0.25) is 0 Å². The lowest BCUT2D eigenvalue weighted by Gasteiger charge is -2.44. The van der Waals surface area contributed by atoms with Gasteiger partial charge in [-0.3, -0.25) is 4.79 Å². The molecule has 1 amide bonds. The lowest BCUT2D eigenvalue weighted by atomic mass is 9.80. The Balaban J connectivity index is 1.67. The van der Waals surface area contributed by atoms with Crippen molar-refractivity contribution in [1.29, 1.82) is 5.26 Å². The van der Waals surface area contributed by atoms with Gasteiger partial charge in [0, 0.05) is 19.2 Å². The summed E-state index contributed by atoms with van der Waals surface area (Å²) in [6.07, 6.45) is 4.09. The van der Waals surface area contributed by atoms with E-state index < -0.39 is 5.54 Å². The number of aromatic nitrogens is 2. The lowest BCUT2D eigenvalue weighted by molar-refractivity contribution is -0.142. The van der Waals surface area contributed by atoms with E-state index in [0.717, 1.165) is 22.4 Å². The first-order chi connectivity index (χ1) is 15.7. The highest BCUT2D eigenvalue weighted by Crippen LogP contribution is 2.38. The van der Waals surface area contributed by atoms with E-state index in [1.807, 2.05) is 88.5 Å². The van der Waals surface area contributed by atoms with E-state index in [1.54, 1.807) is 18.5 Å². The van der Waals surface area contributed by atoms with Gasteiger partial charge in [0.1, 0.15) is 0 Å². The number of fused-ring (bicyclic) bond motifs is 1. The second-order valence-corrected chi connectivity index (χ2v) is 8.11. The summed E-state index contributed by atoms with van der Waals surface area (Å²) in [4.78, 5) is 20.6. The average molecular weight is 419 g/mol. The molecule has 0 saturated heterocycles. The molecular weight excluding hydrogens is 396 g/mol. The quantitative estimate of drug-likeness (QED) is 0.486. The van der Waals surface area contributed by atoms with Gasteiger partial charge in [0.15, 0.2) is 5.54 Å². The molecule has 0 spiro atoms. The molecule has 1 aromatic heterocycles. The standard InChI is InChI=1S/C27H22N4O/c28-16-22-11-13-24(14-12-22)27(15-21-7-3-1-4-8-21)26(32)30(18-23-9-5-2-6-10-23)19-25-17-29-20-31(25)27/h1-14,17,20H,15,18-19H2. The number of carbonyl (C=O) groups is 1. The van der Waals surface area contributed by atoms with Crippen LogP contribution in [0.2, 0.25) is 0 Å². The molecule has 0 fully saturated rings. The van der Waals surface area contributed by atoms with Gasteiger partial charge >= 0.3 is 0 Å². The number of hydrogen-bond acceptors (Lipinski definition) is 3. The fraction of sp³-hybridized carbons (Fsp3) is 0.148. The summed E-state index contributed by atoms with van der Waals surface area (Å²) < 4.78 is 2.02. The molecule has 0 bridgehead atoms. The number of carbonyl (C=O) groups excluding carboxylic acids is 1. The van der Waals surface area contributed by atoms with E-state index in [-0.39, 0.29) is 5.91 Å². The van der Waals surface area contributed by atoms with Crippen LogP contribution in [0.3, 0.4) is 0 Å². The Bertz CT molecular complexity index is 1270. The van der Waals surface area contributed by atoms with Crippen molar-refractivity contribution < 1.29 is 4.79 Å². The maximum Gasteiger partial charge on any atom is 0.254 e. The van der Waals surface area contributed by atoms with E-state index in [0.29, 0.717) is 25.1 Å². The average Bonchev–Trinajstić information content (AvgIpc) is 3.32. The van der Waals surface area contributed by atoms with Crippen LogP contribution in [0.4, 0.5) is 0 Å². The van der Waals surface area contributed by atoms with Gasteiger partial charge in [-0.2, -0.15) is 5.26 Å². The summed E-state index contributed by atoms with van der Waals surface area (Å²) in [7, 11) is 0. The molecule has 1 unspecified atom stereocenters. The third-order valence-corrected chi connectivity index (χ3v) is 6.13. The smallest absolute Gasteiger partial charge is 0.254 e. The van der Waals surface area contributed by atoms with Crippen molar-refractivity contribution in [3.63, 3.8) is 0 Å². The van der Waals surface area contributed by atoms with Gasteiger partial charge in [0.25, 0.3) is 5.91 Å². The van der Waals surface area contributed by atoms with Crippen LogP contribution in [-0.4, -0.2) is 20.4 Å². The molecule has 5 heteroatoms. The van der Waals surface area contributed by atoms with Crippen LogP contribution in [0.5, 0.6) is 0 Å². The molecule has 4 aromatic rings. The molecule has 156 valence electrons. The molecule has 0 radical (unpaired) electrons. The summed E-state index contributed by atoms with van der Waals surface area (Å²) in [5.74, 6) is 0.0282. The Kier molecular flexibility index (Phi) is 5.04. The largest absolute Gasteiger partial charge is 0.330 e. The van der Waals surface area contributed by atoms with Crippen LogP contribution in [0.25, 0.3) is 0 Å². The van der Waals surface area contributed by atoms with Crippen LogP contribution in [-0.2, 0) is 29.8 Å². The Hall–Kier alpha value is -4.17. The van der Waals surface area contributed by atoms with Crippen molar-refractivity contribution in [2.45, 2.75) is 25.0 Å². The fourth-order valence-corrected chi connectivity index (χ4v) is 4.58. The van der Waals surface area contributed by atoms with Crippen molar-refractivity contribution in [1.82, 2.24) is 14.5 Å². The number of hydrogen-bond donors (Lipinski definition) is 0. The highest BCUT2D eigenvalue weighted by molar-refractivity contribution is 5.90. The van der Waals surface area contributed by atoms with E-state index in [1.165, 1.54) is 0 Å². The topological polar surface area (TPSA) is 61.9 Å². The molecule has 3 aromatic carbocycles. The lowest BCUT2D eigenvalue weighted by Crippen LogP contribution is -2.56. The third-order valence-electron chi connectivity index (χ3n) is 6.13. The number of rotatable bonds is 5. The molecule has 1 aliphatic heterocycles. The highest BCUT2D eigenvalue weighted by Gasteiger charge is 2.48. The van der Waals surface area contributed by atoms with Crippen molar-refractivity contribution in [2.75, 3.05) is 0 Å². The van der Waals surface area contributed by atoms with Crippen molar-refractivity contribution in [3.05, 3.63) is 125 Å². The molecule has 0 aliphatic carbocycles. The molecule has 1 aliphatic rings.